The van der Waals surface area contributed by atoms with Gasteiger partial charge in [-0.1, -0.05) is 105 Å². The van der Waals surface area contributed by atoms with Crippen molar-refractivity contribution in [2.45, 2.75) is 108 Å². The Morgan fingerprint density at radius 1 is 0.860 bits per heavy atom. The SMILES string of the molecule is C=CCN(C[C@@H]1C[C@H](c2ccc(CO)cc2)O[C@H](c2ccc(-c3ccccc3CNC(=O)CCCCCCC(=O)NO)cc2)O1)C1CCCC1. The maximum Gasteiger partial charge on any atom is 0.243 e. The van der Waals surface area contributed by atoms with Gasteiger partial charge in [-0.15, -0.1) is 6.58 Å². The highest BCUT2D eigenvalue weighted by atomic mass is 16.7. The third kappa shape index (κ3) is 10.8. The molecule has 4 N–H and O–H groups in total. The van der Waals surface area contributed by atoms with Crippen LogP contribution in [0, 0.1) is 0 Å². The van der Waals surface area contributed by atoms with Gasteiger partial charge in [-0.25, -0.2) is 5.48 Å². The van der Waals surface area contributed by atoms with Crippen LogP contribution in [-0.4, -0.2) is 52.3 Å². The van der Waals surface area contributed by atoms with E-state index in [1.54, 1.807) is 5.48 Å². The second kappa shape index (κ2) is 19.5. The monoisotopic (exact) mass is 683 g/mol. The van der Waals surface area contributed by atoms with Crippen LogP contribution in [0.25, 0.3) is 11.1 Å². The van der Waals surface area contributed by atoms with Crippen molar-refractivity contribution in [1.82, 2.24) is 15.7 Å². The van der Waals surface area contributed by atoms with E-state index in [-0.39, 0.29) is 37.0 Å². The first-order valence-corrected chi connectivity index (χ1v) is 18.2. The van der Waals surface area contributed by atoms with E-state index >= 15 is 0 Å². The van der Waals surface area contributed by atoms with E-state index in [1.807, 2.05) is 36.4 Å². The average Bonchev–Trinajstić information content (AvgIpc) is 3.70. The molecule has 2 aliphatic rings. The number of ether oxygens (including phenoxy) is 2. The van der Waals surface area contributed by atoms with Crippen LogP contribution in [0.15, 0.2) is 85.5 Å². The molecule has 0 radical (unpaired) electrons. The Balaban J connectivity index is 1.23. The van der Waals surface area contributed by atoms with Crippen molar-refractivity contribution >= 4 is 11.8 Å². The number of hydrogen-bond donors (Lipinski definition) is 4. The van der Waals surface area contributed by atoms with E-state index in [0.717, 1.165) is 72.2 Å². The fraction of sp³-hybridized carbons (Fsp3) is 0.463. The Kier molecular flexibility index (Phi) is 14.6. The molecule has 1 aliphatic carbocycles. The largest absolute Gasteiger partial charge is 0.392 e. The fourth-order valence-electron chi connectivity index (χ4n) is 7.14. The summed E-state index contributed by atoms with van der Waals surface area (Å²) in [7, 11) is 0. The fourth-order valence-corrected chi connectivity index (χ4v) is 7.14. The van der Waals surface area contributed by atoms with Crippen molar-refractivity contribution < 1.29 is 29.4 Å². The number of benzene rings is 3. The van der Waals surface area contributed by atoms with Crippen LogP contribution in [0.5, 0.6) is 0 Å². The molecule has 50 heavy (non-hydrogen) atoms. The molecule has 1 saturated heterocycles. The van der Waals surface area contributed by atoms with E-state index in [1.165, 1.54) is 25.7 Å². The highest BCUT2D eigenvalue weighted by Gasteiger charge is 2.34. The lowest BCUT2D eigenvalue weighted by Gasteiger charge is -2.39. The average molecular weight is 684 g/mol. The van der Waals surface area contributed by atoms with E-state index in [0.29, 0.717) is 25.4 Å². The van der Waals surface area contributed by atoms with Crippen molar-refractivity contribution in [3.8, 4) is 11.1 Å². The minimum absolute atomic E-state index is 0.00421. The van der Waals surface area contributed by atoms with Gasteiger partial charge in [0.15, 0.2) is 6.29 Å². The molecule has 0 spiro atoms. The van der Waals surface area contributed by atoms with Crippen molar-refractivity contribution in [1.29, 1.82) is 0 Å². The van der Waals surface area contributed by atoms with Gasteiger partial charge < -0.3 is 19.9 Å². The predicted octanol–water partition coefficient (Wildman–Crippen LogP) is 7.28. The number of carbonyl (C=O) groups excluding carboxylic acids is 2. The van der Waals surface area contributed by atoms with Crippen molar-refractivity contribution in [3.05, 3.63) is 108 Å². The number of nitrogens with one attached hydrogen (secondary N) is 2. The van der Waals surface area contributed by atoms with Crippen LogP contribution in [0.1, 0.15) is 105 Å². The zero-order chi connectivity index (χ0) is 35.1. The van der Waals surface area contributed by atoms with Crippen molar-refractivity contribution in [2.24, 2.45) is 0 Å². The summed E-state index contributed by atoms with van der Waals surface area (Å²) in [6.07, 6.45) is 10.9. The molecule has 1 saturated carbocycles. The number of hydroxylamine groups is 1. The minimum Gasteiger partial charge on any atom is -0.392 e. The molecule has 1 aliphatic heterocycles. The number of unbranched alkanes of at least 4 members (excludes halogenated alkanes) is 3. The molecule has 2 fully saturated rings. The van der Waals surface area contributed by atoms with E-state index in [2.05, 4.69) is 59.3 Å². The first kappa shape index (κ1) is 37.4. The van der Waals surface area contributed by atoms with E-state index in [4.69, 9.17) is 14.7 Å². The molecule has 5 rings (SSSR count). The van der Waals surface area contributed by atoms with E-state index < -0.39 is 6.29 Å². The lowest BCUT2D eigenvalue weighted by Crippen LogP contribution is -2.43. The third-order valence-corrected chi connectivity index (χ3v) is 9.93. The van der Waals surface area contributed by atoms with Crippen molar-refractivity contribution in [2.75, 3.05) is 13.1 Å². The minimum atomic E-state index is -0.527. The Bertz CT molecular complexity index is 1510. The zero-order valence-electron chi connectivity index (χ0n) is 29.1. The summed E-state index contributed by atoms with van der Waals surface area (Å²) in [5, 5.41) is 21.2. The summed E-state index contributed by atoms with van der Waals surface area (Å²) in [6.45, 7) is 6.14. The van der Waals surface area contributed by atoms with Gasteiger partial charge in [0, 0.05) is 50.5 Å². The normalized spacial score (nSPS) is 19.4. The van der Waals surface area contributed by atoms with Gasteiger partial charge in [-0.2, -0.15) is 0 Å². The van der Waals surface area contributed by atoms with Gasteiger partial charge in [0.2, 0.25) is 11.8 Å². The van der Waals surface area contributed by atoms with Crippen LogP contribution < -0.4 is 10.8 Å². The maximum atomic E-state index is 12.6. The number of nitrogens with zero attached hydrogens (tertiary/aromatic N) is 1. The van der Waals surface area contributed by atoms with Crippen LogP contribution in [-0.2, 0) is 32.2 Å². The first-order chi connectivity index (χ1) is 24.5. The summed E-state index contributed by atoms with van der Waals surface area (Å²) in [5.41, 5.74) is 7.70. The Hall–Kier alpha value is -3.86. The van der Waals surface area contributed by atoms with E-state index in [9.17, 15) is 14.7 Å². The van der Waals surface area contributed by atoms with Crippen LogP contribution in [0.4, 0.5) is 0 Å². The molecule has 3 atom stereocenters. The number of aliphatic hydroxyl groups excluding tert-OH is 1. The number of carbonyl (C=O) groups is 2. The zero-order valence-corrected chi connectivity index (χ0v) is 29.1. The Morgan fingerprint density at radius 3 is 2.22 bits per heavy atom. The highest BCUT2D eigenvalue weighted by molar-refractivity contribution is 5.76. The van der Waals surface area contributed by atoms with Gasteiger partial charge in [0.1, 0.15) is 0 Å². The smallest absolute Gasteiger partial charge is 0.243 e. The lowest BCUT2D eigenvalue weighted by molar-refractivity contribution is -0.253. The molecule has 9 nitrogen and oxygen atoms in total. The number of amides is 2. The predicted molar refractivity (Wildman–Crippen MR) is 194 cm³/mol. The highest BCUT2D eigenvalue weighted by Crippen LogP contribution is 2.39. The second-order valence-electron chi connectivity index (χ2n) is 13.5. The van der Waals surface area contributed by atoms with Crippen LogP contribution in [0.2, 0.25) is 0 Å². The lowest BCUT2D eigenvalue weighted by atomic mass is 9.97. The number of aliphatic hydroxyl groups is 1. The standard InChI is InChI=1S/C41H53N3O6/c1-2-25-44(35-12-8-9-13-35)28-36-26-38(32-19-17-30(29-45)18-20-32)50-41(49-36)33-23-21-31(22-24-33)37-14-10-7-11-34(37)27-42-39(46)15-5-3-4-6-16-40(47)43-48/h2,7,10-11,14,17-24,35-36,38,41,45,48H,1,3-6,8-9,12-13,15-16,25-29H2,(H,42,46)(H,43,47)/t36-,38+,41+/m0/s1. The summed E-state index contributed by atoms with van der Waals surface area (Å²) in [4.78, 5) is 26.2. The molecule has 1 heterocycles. The molecular formula is C41H53N3O6. The summed E-state index contributed by atoms with van der Waals surface area (Å²) < 4.78 is 13.3. The van der Waals surface area contributed by atoms with Gasteiger partial charge in [0.05, 0.1) is 18.8 Å². The molecule has 268 valence electrons. The van der Waals surface area contributed by atoms with Gasteiger partial charge in [0.25, 0.3) is 0 Å². The molecule has 9 heteroatoms. The molecule has 2 amide bonds. The maximum absolute atomic E-state index is 12.6. The van der Waals surface area contributed by atoms with Gasteiger partial charge in [-0.3, -0.25) is 19.7 Å². The Labute approximate surface area is 296 Å². The van der Waals surface area contributed by atoms with Crippen LogP contribution >= 0.6 is 0 Å². The summed E-state index contributed by atoms with van der Waals surface area (Å²) in [5.74, 6) is -0.374. The Morgan fingerprint density at radius 2 is 1.54 bits per heavy atom. The molecular weight excluding hydrogens is 630 g/mol. The molecule has 0 bridgehead atoms. The number of rotatable bonds is 18. The van der Waals surface area contributed by atoms with Crippen LogP contribution in [0.3, 0.4) is 0 Å². The summed E-state index contributed by atoms with van der Waals surface area (Å²) >= 11 is 0. The molecule has 3 aromatic rings. The topological polar surface area (TPSA) is 120 Å². The molecule has 0 aromatic heterocycles. The molecule has 0 unspecified atom stereocenters. The number of hydrogen-bond acceptors (Lipinski definition) is 7. The van der Waals surface area contributed by atoms with Gasteiger partial charge >= 0.3 is 0 Å². The first-order valence-electron chi connectivity index (χ1n) is 18.2. The quantitative estimate of drug-likeness (QED) is 0.0481. The van der Waals surface area contributed by atoms with Crippen molar-refractivity contribution in [3.63, 3.8) is 0 Å². The third-order valence-electron chi connectivity index (χ3n) is 9.93. The second-order valence-corrected chi connectivity index (χ2v) is 13.5. The summed E-state index contributed by atoms with van der Waals surface area (Å²) in [6, 6.07) is 25.0. The molecule has 3 aromatic carbocycles. The van der Waals surface area contributed by atoms with Gasteiger partial charge in [-0.05, 0) is 53.5 Å².